The van der Waals surface area contributed by atoms with E-state index in [0.717, 1.165) is 12.4 Å². The summed E-state index contributed by atoms with van der Waals surface area (Å²) in [4.78, 5) is 12.9. The zero-order valence-electron chi connectivity index (χ0n) is 6.66. The first kappa shape index (κ1) is 7.21. The van der Waals surface area contributed by atoms with Gasteiger partial charge in [0.1, 0.15) is 11.9 Å². The maximum Gasteiger partial charge on any atom is 0.242 e. The van der Waals surface area contributed by atoms with Crippen molar-refractivity contribution in [2.24, 2.45) is 5.73 Å². The quantitative estimate of drug-likeness (QED) is 0.532. The van der Waals surface area contributed by atoms with Gasteiger partial charge in [0, 0.05) is 13.1 Å². The minimum Gasteiger partial charge on any atom is -0.369 e. The second-order valence-electron chi connectivity index (χ2n) is 2.93. The molecule has 1 fully saturated rings. The lowest BCUT2D eigenvalue weighted by atomic mass is 10.2. The fourth-order valence-electron chi connectivity index (χ4n) is 1.55. The van der Waals surface area contributed by atoms with E-state index in [0.29, 0.717) is 6.54 Å². The zero-order chi connectivity index (χ0) is 8.55. The average Bonchev–Trinajstić information content (AvgIpc) is 2.47. The largest absolute Gasteiger partial charge is 0.369 e. The molecule has 0 aliphatic carbocycles. The van der Waals surface area contributed by atoms with Crippen molar-refractivity contribution >= 4 is 5.91 Å². The average molecular weight is 165 g/mol. The highest BCUT2D eigenvalue weighted by Gasteiger charge is 2.31. The molecule has 1 unspecified atom stereocenters. The number of fused-ring (bicyclic) bond motifs is 1. The van der Waals surface area contributed by atoms with E-state index in [-0.39, 0.29) is 11.9 Å². The fourth-order valence-corrected chi connectivity index (χ4v) is 1.55. The summed E-state index contributed by atoms with van der Waals surface area (Å²) in [6, 6.07) is -0.179. The number of primary amides is 1. The summed E-state index contributed by atoms with van der Waals surface area (Å²) < 4.78 is 0. The van der Waals surface area contributed by atoms with E-state index in [2.05, 4.69) is 5.32 Å². The van der Waals surface area contributed by atoms with Gasteiger partial charge in [0.15, 0.2) is 0 Å². The van der Waals surface area contributed by atoms with Gasteiger partial charge < -0.3 is 16.0 Å². The van der Waals surface area contributed by atoms with E-state index in [9.17, 15) is 4.79 Å². The predicted molar refractivity (Wildman–Crippen MR) is 44.9 cm³/mol. The lowest BCUT2D eigenvalue weighted by Gasteiger charge is -2.23. The highest BCUT2D eigenvalue weighted by molar-refractivity contribution is 5.81. The number of hydrogen-bond donors (Lipinski definition) is 2. The third kappa shape index (κ3) is 0.958. The second-order valence-corrected chi connectivity index (χ2v) is 2.93. The van der Waals surface area contributed by atoms with Crippen molar-refractivity contribution in [1.82, 2.24) is 10.2 Å². The summed E-state index contributed by atoms with van der Waals surface area (Å²) in [6.07, 6.45) is 5.93. The first-order valence-corrected chi connectivity index (χ1v) is 3.95. The normalized spacial score (nSPS) is 26.2. The number of carbonyl (C=O) groups is 1. The second kappa shape index (κ2) is 2.55. The number of hydrogen-bond acceptors (Lipinski definition) is 3. The fraction of sp³-hybridized carbons (Fsp3) is 0.375. The molecule has 12 heavy (non-hydrogen) atoms. The van der Waals surface area contributed by atoms with Crippen LogP contribution >= 0.6 is 0 Å². The van der Waals surface area contributed by atoms with Crippen molar-refractivity contribution in [2.45, 2.75) is 6.04 Å². The Balaban J connectivity index is 2.20. The molecule has 1 amide bonds. The molecule has 2 heterocycles. The Kier molecular flexibility index (Phi) is 1.53. The Morgan fingerprint density at radius 3 is 3.33 bits per heavy atom. The summed E-state index contributed by atoms with van der Waals surface area (Å²) in [5.74, 6) is 0.738. The van der Waals surface area contributed by atoms with Crippen molar-refractivity contribution < 1.29 is 4.79 Å². The van der Waals surface area contributed by atoms with Crippen LogP contribution in [-0.2, 0) is 4.79 Å². The maximum atomic E-state index is 10.9. The first-order valence-electron chi connectivity index (χ1n) is 3.95. The van der Waals surface area contributed by atoms with Crippen LogP contribution in [0.25, 0.3) is 0 Å². The number of carbonyl (C=O) groups excluding carboxylic acids is 1. The molecule has 0 radical (unpaired) electrons. The number of amides is 1. The van der Waals surface area contributed by atoms with E-state index in [1.54, 1.807) is 0 Å². The van der Waals surface area contributed by atoms with E-state index in [4.69, 9.17) is 5.73 Å². The summed E-state index contributed by atoms with van der Waals surface area (Å²) in [6.45, 7) is 1.40. The van der Waals surface area contributed by atoms with Gasteiger partial charge in [-0.15, -0.1) is 0 Å². The molecule has 0 spiro atoms. The van der Waals surface area contributed by atoms with Crippen LogP contribution in [0.3, 0.4) is 0 Å². The first-order chi connectivity index (χ1) is 5.79. The van der Waals surface area contributed by atoms with Gasteiger partial charge >= 0.3 is 0 Å². The number of nitrogens with two attached hydrogens (primary N) is 1. The molecular formula is C8H11N3O. The molecular weight excluding hydrogens is 154 g/mol. The molecule has 0 aromatic carbocycles. The van der Waals surface area contributed by atoms with Crippen LogP contribution in [0.4, 0.5) is 0 Å². The summed E-state index contributed by atoms with van der Waals surface area (Å²) in [5.41, 5.74) is 5.23. The van der Waals surface area contributed by atoms with E-state index in [1.165, 1.54) is 0 Å². The lowest BCUT2D eigenvalue weighted by Crippen LogP contribution is -2.41. The molecule has 0 aromatic rings. The van der Waals surface area contributed by atoms with Crippen LogP contribution in [0.15, 0.2) is 24.0 Å². The van der Waals surface area contributed by atoms with Crippen LogP contribution in [0.5, 0.6) is 0 Å². The van der Waals surface area contributed by atoms with Gasteiger partial charge in [-0.3, -0.25) is 4.79 Å². The van der Waals surface area contributed by atoms with Crippen molar-refractivity contribution in [1.29, 1.82) is 0 Å². The summed E-state index contributed by atoms with van der Waals surface area (Å²) in [7, 11) is 0. The highest BCUT2D eigenvalue weighted by Crippen LogP contribution is 2.16. The summed E-state index contributed by atoms with van der Waals surface area (Å²) in [5, 5.41) is 3.12. The third-order valence-corrected chi connectivity index (χ3v) is 2.18. The number of nitrogens with one attached hydrogen (secondary N) is 1. The molecule has 4 heteroatoms. The minimum atomic E-state index is -0.263. The molecule has 1 atom stereocenters. The topological polar surface area (TPSA) is 58.4 Å². The van der Waals surface area contributed by atoms with Gasteiger partial charge in [-0.1, -0.05) is 12.2 Å². The van der Waals surface area contributed by atoms with Crippen LogP contribution in [0.2, 0.25) is 0 Å². The van der Waals surface area contributed by atoms with Gasteiger partial charge in [-0.25, -0.2) is 0 Å². The Morgan fingerprint density at radius 1 is 1.75 bits per heavy atom. The number of allylic oxidation sites excluding steroid dienone is 2. The molecule has 64 valence electrons. The smallest absolute Gasteiger partial charge is 0.242 e. The van der Waals surface area contributed by atoms with Crippen LogP contribution in [0, 0.1) is 0 Å². The molecule has 0 saturated carbocycles. The number of nitrogens with zero attached hydrogens (tertiary/aromatic N) is 1. The Hall–Kier alpha value is -1.45. The monoisotopic (exact) mass is 165 g/mol. The standard InChI is InChI=1S/C8H11N3O/c9-8(12)6-5-10-7-3-1-2-4-11(6)7/h1-3,6,10H,4-5H2,(H2,9,12). The van der Waals surface area contributed by atoms with Crippen LogP contribution < -0.4 is 11.1 Å². The van der Waals surface area contributed by atoms with Gasteiger partial charge in [-0.05, 0) is 6.08 Å². The molecule has 2 aliphatic heterocycles. The Morgan fingerprint density at radius 2 is 2.58 bits per heavy atom. The SMILES string of the molecule is NC(=O)C1CNC2=CC=CCN21. The van der Waals surface area contributed by atoms with Crippen molar-refractivity contribution in [3.05, 3.63) is 24.0 Å². The number of rotatable bonds is 1. The maximum absolute atomic E-state index is 10.9. The van der Waals surface area contributed by atoms with Crippen LogP contribution in [-0.4, -0.2) is 29.9 Å². The van der Waals surface area contributed by atoms with Gasteiger partial charge in [0.05, 0.1) is 0 Å². The third-order valence-electron chi connectivity index (χ3n) is 2.18. The highest BCUT2D eigenvalue weighted by atomic mass is 16.1. The molecule has 2 rings (SSSR count). The van der Waals surface area contributed by atoms with Crippen molar-refractivity contribution in [3.8, 4) is 0 Å². The van der Waals surface area contributed by atoms with E-state index in [1.807, 2.05) is 23.1 Å². The van der Waals surface area contributed by atoms with Crippen molar-refractivity contribution in [3.63, 3.8) is 0 Å². The molecule has 1 saturated heterocycles. The van der Waals surface area contributed by atoms with Gasteiger partial charge in [0.25, 0.3) is 0 Å². The van der Waals surface area contributed by atoms with Crippen LogP contribution in [0.1, 0.15) is 0 Å². The predicted octanol–water partition coefficient (Wildman–Crippen LogP) is -0.843. The molecule has 0 aromatic heterocycles. The molecule has 0 bridgehead atoms. The molecule has 3 N–H and O–H groups in total. The van der Waals surface area contributed by atoms with E-state index >= 15 is 0 Å². The van der Waals surface area contributed by atoms with Crippen molar-refractivity contribution in [2.75, 3.05) is 13.1 Å². The molecule has 4 nitrogen and oxygen atoms in total. The Bertz CT molecular complexity index is 269. The minimum absolute atomic E-state index is 0.179. The summed E-state index contributed by atoms with van der Waals surface area (Å²) >= 11 is 0. The molecule has 2 aliphatic rings. The van der Waals surface area contributed by atoms with Gasteiger partial charge in [0.2, 0.25) is 5.91 Å². The van der Waals surface area contributed by atoms with E-state index < -0.39 is 0 Å². The zero-order valence-corrected chi connectivity index (χ0v) is 6.66. The Labute approximate surface area is 70.7 Å². The van der Waals surface area contributed by atoms with Gasteiger partial charge in [-0.2, -0.15) is 0 Å². The lowest BCUT2D eigenvalue weighted by molar-refractivity contribution is -0.121.